The predicted octanol–water partition coefficient (Wildman–Crippen LogP) is 3.26. The van der Waals surface area contributed by atoms with Crippen molar-refractivity contribution in [1.82, 2.24) is 0 Å². The van der Waals surface area contributed by atoms with Gasteiger partial charge in [-0.2, -0.15) is 0 Å². The van der Waals surface area contributed by atoms with Gasteiger partial charge >= 0.3 is 0 Å². The molecule has 0 radical (unpaired) electrons. The molecule has 0 spiro atoms. The van der Waals surface area contributed by atoms with Crippen LogP contribution in [0.5, 0.6) is 0 Å². The van der Waals surface area contributed by atoms with E-state index in [4.69, 9.17) is 5.73 Å². The molecule has 0 aliphatic heterocycles. The Hall–Kier alpha value is -0.960. The first-order chi connectivity index (χ1) is 7.61. The Morgan fingerprint density at radius 1 is 1.19 bits per heavy atom. The summed E-state index contributed by atoms with van der Waals surface area (Å²) in [5.74, 6) is -1.03. The van der Waals surface area contributed by atoms with Crippen molar-refractivity contribution >= 4 is 0 Å². The van der Waals surface area contributed by atoms with Crippen LogP contribution in [-0.4, -0.2) is 6.04 Å². The molecule has 0 amide bonds. The number of hydrogen-bond acceptors (Lipinski definition) is 1. The summed E-state index contributed by atoms with van der Waals surface area (Å²) < 4.78 is 27.6. The highest BCUT2D eigenvalue weighted by molar-refractivity contribution is 5.31. The number of halogens is 2. The van der Waals surface area contributed by atoms with E-state index < -0.39 is 11.6 Å². The van der Waals surface area contributed by atoms with E-state index in [1.807, 2.05) is 0 Å². The molecule has 2 atom stereocenters. The molecule has 0 heterocycles. The lowest BCUT2D eigenvalue weighted by Gasteiger charge is -2.29. The van der Waals surface area contributed by atoms with Crippen molar-refractivity contribution in [2.45, 2.75) is 44.6 Å². The average Bonchev–Trinajstić information content (AvgIpc) is 2.27. The summed E-state index contributed by atoms with van der Waals surface area (Å²) >= 11 is 0. The minimum Gasteiger partial charge on any atom is -0.327 e. The fraction of sp³-hybridized carbons (Fsp3) is 0.538. The highest BCUT2D eigenvalue weighted by Gasteiger charge is 2.28. The molecule has 0 bridgehead atoms. The van der Waals surface area contributed by atoms with Gasteiger partial charge < -0.3 is 5.73 Å². The maximum absolute atomic E-state index is 13.9. The fourth-order valence-corrected chi connectivity index (χ4v) is 2.54. The van der Waals surface area contributed by atoms with E-state index >= 15 is 0 Å². The van der Waals surface area contributed by atoms with Crippen LogP contribution in [-0.2, 0) is 0 Å². The van der Waals surface area contributed by atoms with Crippen LogP contribution in [0.3, 0.4) is 0 Å². The van der Waals surface area contributed by atoms with Crippen molar-refractivity contribution < 1.29 is 8.78 Å². The molecule has 2 N–H and O–H groups in total. The van der Waals surface area contributed by atoms with E-state index in [9.17, 15) is 8.78 Å². The van der Waals surface area contributed by atoms with Crippen LogP contribution in [0.1, 0.15) is 42.7 Å². The second-order valence-corrected chi connectivity index (χ2v) is 4.65. The first-order valence-corrected chi connectivity index (χ1v) is 5.81. The molecule has 3 heteroatoms. The highest BCUT2D eigenvalue weighted by Crippen LogP contribution is 2.35. The molecule has 1 fully saturated rings. The normalized spacial score (nSPS) is 25.8. The average molecular weight is 225 g/mol. The lowest BCUT2D eigenvalue weighted by Crippen LogP contribution is -2.32. The van der Waals surface area contributed by atoms with Crippen LogP contribution in [0.25, 0.3) is 0 Å². The largest absolute Gasteiger partial charge is 0.327 e. The van der Waals surface area contributed by atoms with Crippen molar-refractivity contribution in [2.24, 2.45) is 5.73 Å². The quantitative estimate of drug-likeness (QED) is 0.780. The van der Waals surface area contributed by atoms with Crippen molar-refractivity contribution in [3.63, 3.8) is 0 Å². The van der Waals surface area contributed by atoms with Gasteiger partial charge in [0.05, 0.1) is 0 Å². The lowest BCUT2D eigenvalue weighted by atomic mass is 9.79. The van der Waals surface area contributed by atoms with Crippen LogP contribution in [0.4, 0.5) is 8.78 Å². The summed E-state index contributed by atoms with van der Waals surface area (Å²) in [5, 5.41) is 0. The molecule has 1 nitrogen and oxygen atoms in total. The van der Waals surface area contributed by atoms with E-state index in [1.165, 1.54) is 12.1 Å². The van der Waals surface area contributed by atoms with E-state index in [0.717, 1.165) is 25.7 Å². The minimum absolute atomic E-state index is 0.112. The summed E-state index contributed by atoms with van der Waals surface area (Å²) in [4.78, 5) is 0. The molecule has 16 heavy (non-hydrogen) atoms. The zero-order valence-electron chi connectivity index (χ0n) is 9.47. The number of rotatable bonds is 1. The van der Waals surface area contributed by atoms with Gasteiger partial charge in [0.1, 0.15) is 11.6 Å². The Morgan fingerprint density at radius 2 is 1.88 bits per heavy atom. The molecule has 1 aliphatic rings. The Labute approximate surface area is 94.7 Å². The third-order valence-electron chi connectivity index (χ3n) is 3.51. The third kappa shape index (κ3) is 1.96. The van der Waals surface area contributed by atoms with E-state index in [-0.39, 0.29) is 17.5 Å². The number of hydrogen-bond donors (Lipinski definition) is 1. The lowest BCUT2D eigenvalue weighted by molar-refractivity contribution is 0.364. The molecule has 1 saturated carbocycles. The number of benzene rings is 1. The summed E-state index contributed by atoms with van der Waals surface area (Å²) in [6.07, 6.45) is 3.72. The molecule has 2 rings (SSSR count). The van der Waals surface area contributed by atoms with Gasteiger partial charge in [0, 0.05) is 17.5 Å². The van der Waals surface area contributed by atoms with Gasteiger partial charge in [-0.3, -0.25) is 0 Å². The van der Waals surface area contributed by atoms with Crippen LogP contribution >= 0.6 is 0 Å². The van der Waals surface area contributed by atoms with Gasteiger partial charge in [-0.1, -0.05) is 18.9 Å². The van der Waals surface area contributed by atoms with E-state index in [0.29, 0.717) is 5.56 Å². The molecule has 0 aromatic heterocycles. The van der Waals surface area contributed by atoms with Crippen LogP contribution in [0, 0.1) is 18.6 Å². The Kier molecular flexibility index (Phi) is 3.24. The molecule has 0 saturated heterocycles. The summed E-state index contributed by atoms with van der Waals surface area (Å²) in [5.41, 5.74) is 6.66. The Bertz CT molecular complexity index is 390. The summed E-state index contributed by atoms with van der Waals surface area (Å²) in [6, 6.07) is 2.71. The van der Waals surface area contributed by atoms with Gasteiger partial charge in [-0.25, -0.2) is 8.78 Å². The van der Waals surface area contributed by atoms with E-state index in [2.05, 4.69) is 0 Å². The topological polar surface area (TPSA) is 26.0 Å². The smallest absolute Gasteiger partial charge is 0.132 e. The van der Waals surface area contributed by atoms with Gasteiger partial charge in [0.2, 0.25) is 0 Å². The molecule has 2 unspecified atom stereocenters. The number of aryl methyl sites for hydroxylation is 1. The van der Waals surface area contributed by atoms with Gasteiger partial charge in [-0.05, 0) is 31.4 Å². The maximum atomic E-state index is 13.9. The first-order valence-electron chi connectivity index (χ1n) is 5.81. The van der Waals surface area contributed by atoms with Crippen molar-refractivity contribution in [3.05, 3.63) is 34.9 Å². The second-order valence-electron chi connectivity index (χ2n) is 4.65. The van der Waals surface area contributed by atoms with E-state index in [1.54, 1.807) is 6.92 Å². The third-order valence-corrected chi connectivity index (χ3v) is 3.51. The Balaban J connectivity index is 2.42. The standard InChI is InChI=1S/C13H17F2N/c1-8-6-7-10(14)12(13(8)15)9-4-2-3-5-11(9)16/h6-7,9,11H,2-5,16H2,1H3. The molecular weight excluding hydrogens is 208 g/mol. The Morgan fingerprint density at radius 3 is 2.56 bits per heavy atom. The molecule has 1 aromatic carbocycles. The maximum Gasteiger partial charge on any atom is 0.132 e. The van der Waals surface area contributed by atoms with Crippen molar-refractivity contribution in [3.8, 4) is 0 Å². The molecule has 88 valence electrons. The molecule has 1 aliphatic carbocycles. The molecule has 1 aromatic rings. The number of nitrogens with two attached hydrogens (primary N) is 1. The fourth-order valence-electron chi connectivity index (χ4n) is 2.54. The highest BCUT2D eigenvalue weighted by atomic mass is 19.1. The van der Waals surface area contributed by atoms with Crippen LogP contribution < -0.4 is 5.73 Å². The summed E-state index contributed by atoms with van der Waals surface area (Å²) in [6.45, 7) is 1.66. The minimum atomic E-state index is -0.453. The SMILES string of the molecule is Cc1ccc(F)c(C2CCCCC2N)c1F. The van der Waals surface area contributed by atoms with Gasteiger partial charge in [0.15, 0.2) is 0 Å². The van der Waals surface area contributed by atoms with Crippen molar-refractivity contribution in [2.75, 3.05) is 0 Å². The van der Waals surface area contributed by atoms with Crippen molar-refractivity contribution in [1.29, 1.82) is 0 Å². The van der Waals surface area contributed by atoms with Gasteiger partial charge in [0.25, 0.3) is 0 Å². The van der Waals surface area contributed by atoms with Crippen LogP contribution in [0.15, 0.2) is 12.1 Å². The molecular formula is C13H17F2N. The zero-order valence-corrected chi connectivity index (χ0v) is 9.47. The summed E-state index contributed by atoms with van der Waals surface area (Å²) in [7, 11) is 0. The predicted molar refractivity (Wildman–Crippen MR) is 60.3 cm³/mol. The first kappa shape index (κ1) is 11.5. The van der Waals surface area contributed by atoms with Crippen LogP contribution in [0.2, 0.25) is 0 Å². The monoisotopic (exact) mass is 225 g/mol. The second kappa shape index (κ2) is 4.50. The zero-order chi connectivity index (χ0) is 11.7. The van der Waals surface area contributed by atoms with Gasteiger partial charge in [-0.15, -0.1) is 0 Å².